The number of nitrogens with one attached hydrogen (secondary N) is 1. The predicted molar refractivity (Wildman–Crippen MR) is 98.2 cm³/mol. The van der Waals surface area contributed by atoms with Gasteiger partial charge in [-0.05, 0) is 53.7 Å². The van der Waals surface area contributed by atoms with Gasteiger partial charge in [-0.2, -0.15) is 0 Å². The van der Waals surface area contributed by atoms with Crippen molar-refractivity contribution in [2.75, 3.05) is 30.7 Å². The predicted octanol–water partition coefficient (Wildman–Crippen LogP) is 3.29. The van der Waals surface area contributed by atoms with Crippen molar-refractivity contribution in [1.82, 2.24) is 10.3 Å². The quantitative estimate of drug-likeness (QED) is 0.749. The maximum atomic E-state index is 5.86. The summed E-state index contributed by atoms with van der Waals surface area (Å²) >= 11 is 0. The van der Waals surface area contributed by atoms with Crippen molar-refractivity contribution < 1.29 is 9.37 Å². The zero-order chi connectivity index (χ0) is 17.3. The Bertz CT molecular complexity index is 698. The Morgan fingerprint density at radius 1 is 1.16 bits per heavy atom. The van der Waals surface area contributed by atoms with E-state index in [1.54, 1.807) is 0 Å². The molecule has 7 heteroatoms. The smallest absolute Gasteiger partial charge is 0.215 e. The van der Waals surface area contributed by atoms with E-state index in [0.29, 0.717) is 19.0 Å². The number of hydrogen-bond acceptors (Lipinski definition) is 7. The number of nitrogen functional groups attached to an aromatic ring is 1. The van der Waals surface area contributed by atoms with Crippen molar-refractivity contribution in [3.8, 4) is 5.75 Å². The molecule has 2 aromatic rings. The third-order valence-corrected chi connectivity index (χ3v) is 4.19. The van der Waals surface area contributed by atoms with Crippen LogP contribution in [0.5, 0.6) is 5.75 Å². The van der Waals surface area contributed by atoms with Gasteiger partial charge in [0.2, 0.25) is 11.6 Å². The van der Waals surface area contributed by atoms with Crippen LogP contribution in [0, 0.1) is 0 Å². The van der Waals surface area contributed by atoms with Crippen LogP contribution in [-0.4, -0.2) is 35.7 Å². The van der Waals surface area contributed by atoms with Crippen molar-refractivity contribution >= 4 is 17.3 Å². The van der Waals surface area contributed by atoms with Crippen molar-refractivity contribution in [1.29, 1.82) is 0 Å². The fraction of sp³-hybridized carbons (Fsp3) is 0.500. The van der Waals surface area contributed by atoms with Gasteiger partial charge in [-0.15, -0.1) is 0 Å². The van der Waals surface area contributed by atoms with Gasteiger partial charge in [-0.3, -0.25) is 4.99 Å². The average molecular weight is 343 g/mol. The minimum absolute atomic E-state index is 0.272. The summed E-state index contributed by atoms with van der Waals surface area (Å²) in [6.07, 6.45) is 6.88. The summed E-state index contributed by atoms with van der Waals surface area (Å²) in [5.74, 6) is 1.63. The van der Waals surface area contributed by atoms with E-state index in [1.165, 1.54) is 37.0 Å². The molecular weight excluding hydrogens is 318 g/mol. The van der Waals surface area contributed by atoms with Crippen molar-refractivity contribution in [3.05, 3.63) is 29.8 Å². The van der Waals surface area contributed by atoms with Gasteiger partial charge in [-0.1, -0.05) is 25.0 Å². The minimum atomic E-state index is 0.272. The maximum absolute atomic E-state index is 5.86. The molecule has 1 aromatic heterocycles. The number of nitrogens with zero attached hydrogens (tertiary/aromatic N) is 3. The Kier molecular flexibility index (Phi) is 6.25. The number of anilines is 2. The van der Waals surface area contributed by atoms with E-state index < -0.39 is 0 Å². The zero-order valence-corrected chi connectivity index (χ0v) is 14.4. The number of benzene rings is 1. The summed E-state index contributed by atoms with van der Waals surface area (Å²) in [6.45, 7) is 2.23. The summed E-state index contributed by atoms with van der Waals surface area (Å²) in [5, 5.41) is 10.3. The highest BCUT2D eigenvalue weighted by Gasteiger charge is 2.08. The van der Waals surface area contributed by atoms with Crippen LogP contribution in [0.25, 0.3) is 0 Å². The highest BCUT2D eigenvalue weighted by Crippen LogP contribution is 2.19. The lowest BCUT2D eigenvalue weighted by atomic mass is 10.0. The van der Waals surface area contributed by atoms with Gasteiger partial charge >= 0.3 is 0 Å². The Morgan fingerprint density at radius 2 is 2.08 bits per heavy atom. The first-order chi connectivity index (χ1) is 12.3. The van der Waals surface area contributed by atoms with E-state index in [0.717, 1.165) is 25.1 Å². The molecule has 0 spiro atoms. The van der Waals surface area contributed by atoms with Crippen LogP contribution in [0.1, 0.15) is 44.1 Å². The molecule has 25 heavy (non-hydrogen) atoms. The van der Waals surface area contributed by atoms with Gasteiger partial charge in [0.1, 0.15) is 5.75 Å². The van der Waals surface area contributed by atoms with Crippen LogP contribution in [0.3, 0.4) is 0 Å². The van der Waals surface area contributed by atoms with E-state index in [9.17, 15) is 0 Å². The van der Waals surface area contributed by atoms with Gasteiger partial charge in [0.25, 0.3) is 0 Å². The van der Waals surface area contributed by atoms with Crippen molar-refractivity contribution in [3.63, 3.8) is 0 Å². The van der Waals surface area contributed by atoms with E-state index in [-0.39, 0.29) is 5.82 Å². The molecule has 0 amide bonds. The number of aromatic nitrogens is 2. The molecule has 7 nitrogen and oxygen atoms in total. The van der Waals surface area contributed by atoms with Crippen molar-refractivity contribution in [2.24, 2.45) is 4.99 Å². The number of rotatable bonds is 7. The number of hydrogen-bond donors (Lipinski definition) is 2. The molecule has 0 unspecified atom stereocenters. The molecule has 0 fully saturated rings. The second-order valence-electron chi connectivity index (χ2n) is 6.15. The average Bonchev–Trinajstić information content (AvgIpc) is 3.00. The maximum Gasteiger partial charge on any atom is 0.215 e. The minimum Gasteiger partial charge on any atom is -0.494 e. The van der Waals surface area contributed by atoms with Crippen LogP contribution in [0.15, 0.2) is 33.9 Å². The topological polar surface area (TPSA) is 98.6 Å². The van der Waals surface area contributed by atoms with Crippen molar-refractivity contribution in [2.45, 2.75) is 38.5 Å². The van der Waals surface area contributed by atoms with E-state index in [2.05, 4.69) is 32.4 Å². The molecule has 2 heterocycles. The van der Waals surface area contributed by atoms with Gasteiger partial charge in [0.05, 0.1) is 6.61 Å². The molecule has 3 rings (SSSR count). The number of ether oxygens (including phenoxy) is 1. The molecule has 0 atom stereocenters. The zero-order valence-electron chi connectivity index (χ0n) is 14.4. The molecule has 134 valence electrons. The fourth-order valence-electron chi connectivity index (χ4n) is 2.84. The molecule has 1 aromatic carbocycles. The SMILES string of the molecule is Nc1nonc1NCCCOc1cccc(C2=NCCCCCC2)c1. The largest absolute Gasteiger partial charge is 0.494 e. The number of aliphatic imine (C=N–C) groups is 1. The fourth-order valence-corrected chi connectivity index (χ4v) is 2.84. The summed E-state index contributed by atoms with van der Waals surface area (Å²) in [7, 11) is 0. The third-order valence-electron chi connectivity index (χ3n) is 4.19. The Morgan fingerprint density at radius 3 is 2.96 bits per heavy atom. The molecule has 1 aliphatic rings. The first kappa shape index (κ1) is 17.3. The normalized spacial score (nSPS) is 15.1. The standard InChI is InChI=1S/C18H25N5O2/c19-17-18(23-25-22-17)21-11-6-12-24-15-8-5-7-14(13-15)16-9-3-1-2-4-10-20-16/h5,7-8,13H,1-4,6,9-12H2,(H2,19,22)(H,21,23). The van der Waals surface area contributed by atoms with Gasteiger partial charge < -0.3 is 15.8 Å². The highest BCUT2D eigenvalue weighted by atomic mass is 16.6. The van der Waals surface area contributed by atoms with Crippen LogP contribution in [-0.2, 0) is 0 Å². The molecule has 0 aliphatic carbocycles. The summed E-state index contributed by atoms with van der Waals surface area (Å²) in [4.78, 5) is 4.76. The van der Waals surface area contributed by atoms with Gasteiger partial charge in [0, 0.05) is 18.8 Å². The van der Waals surface area contributed by atoms with E-state index in [1.807, 2.05) is 12.1 Å². The van der Waals surface area contributed by atoms with E-state index in [4.69, 9.17) is 15.5 Å². The second kappa shape index (κ2) is 9.05. The Labute approximate surface area is 147 Å². The molecule has 0 saturated heterocycles. The van der Waals surface area contributed by atoms with Gasteiger partial charge in [0.15, 0.2) is 0 Å². The van der Waals surface area contributed by atoms with Crippen LogP contribution < -0.4 is 15.8 Å². The summed E-state index contributed by atoms with van der Waals surface area (Å²) < 4.78 is 10.4. The first-order valence-electron chi connectivity index (χ1n) is 8.91. The molecular formula is C18H25N5O2. The molecule has 0 saturated carbocycles. The summed E-state index contributed by atoms with van der Waals surface area (Å²) in [5.41, 5.74) is 7.97. The monoisotopic (exact) mass is 343 g/mol. The molecule has 0 radical (unpaired) electrons. The lowest BCUT2D eigenvalue weighted by Gasteiger charge is -2.12. The first-order valence-corrected chi connectivity index (χ1v) is 8.91. The number of nitrogens with two attached hydrogens (primary N) is 1. The lowest BCUT2D eigenvalue weighted by molar-refractivity contribution is 0.308. The van der Waals surface area contributed by atoms with Crippen LogP contribution >= 0.6 is 0 Å². The van der Waals surface area contributed by atoms with Gasteiger partial charge in [-0.25, -0.2) is 4.63 Å². The molecule has 3 N–H and O–H groups in total. The molecule has 0 bridgehead atoms. The third kappa shape index (κ3) is 5.20. The lowest BCUT2D eigenvalue weighted by Crippen LogP contribution is -2.09. The Balaban J connectivity index is 1.47. The highest BCUT2D eigenvalue weighted by molar-refractivity contribution is 6.00. The Hall–Kier alpha value is -2.57. The molecule has 1 aliphatic heterocycles. The second-order valence-corrected chi connectivity index (χ2v) is 6.15. The van der Waals surface area contributed by atoms with Crippen LogP contribution in [0.4, 0.5) is 11.6 Å². The van der Waals surface area contributed by atoms with Crippen LogP contribution in [0.2, 0.25) is 0 Å². The summed E-state index contributed by atoms with van der Waals surface area (Å²) in [6, 6.07) is 8.23. The van der Waals surface area contributed by atoms with E-state index >= 15 is 0 Å².